The minimum absolute atomic E-state index is 0. The van der Waals surface area contributed by atoms with Gasteiger partial charge >= 0.3 is 59.1 Å². The van der Waals surface area contributed by atoms with Gasteiger partial charge in [0.15, 0.2) is 5.11 Å². The molecule has 2 rings (SSSR count). The van der Waals surface area contributed by atoms with Crippen LogP contribution < -0.4 is 69.7 Å². The quantitative estimate of drug-likeness (QED) is 0.178. The van der Waals surface area contributed by atoms with Crippen molar-refractivity contribution < 1.29 is 85.1 Å². The fourth-order valence-corrected chi connectivity index (χ4v) is 4.14. The second kappa shape index (κ2) is 12.8. The van der Waals surface area contributed by atoms with E-state index in [0.29, 0.717) is 0 Å². The van der Waals surface area contributed by atoms with E-state index < -0.39 is 30.0 Å². The Hall–Kier alpha value is -0.310. The average Bonchev–Trinajstić information content (AvgIpc) is 2.58. The summed E-state index contributed by atoms with van der Waals surface area (Å²) in [5, 5.41) is 5.97. The van der Waals surface area contributed by atoms with E-state index in [1.807, 2.05) is 13.8 Å². The molecule has 0 aliphatic rings. The van der Waals surface area contributed by atoms with Gasteiger partial charge in [0.1, 0.15) is 20.2 Å². The van der Waals surface area contributed by atoms with Crippen LogP contribution in [0, 0.1) is 0 Å². The maximum atomic E-state index is 11.7. The summed E-state index contributed by atoms with van der Waals surface area (Å²) < 4.78 is 69.1. The minimum atomic E-state index is -4.84. The first-order chi connectivity index (χ1) is 13.4. The second-order valence-corrected chi connectivity index (χ2v) is 9.39. The SMILES string of the molecule is CC(C)NC(=S)Nc1ccc(C=Cc2ccccc2S(=O)(=O)[O-])c(S(=O)(=O)[O-])c1.[Na+].[Na+]. The van der Waals surface area contributed by atoms with Crippen molar-refractivity contribution in [2.24, 2.45) is 0 Å². The number of benzene rings is 2. The van der Waals surface area contributed by atoms with E-state index in [1.165, 1.54) is 42.5 Å². The Labute approximate surface area is 232 Å². The number of thiocarbonyl (C=S) groups is 1. The van der Waals surface area contributed by atoms with E-state index in [0.717, 1.165) is 12.1 Å². The molecule has 0 aliphatic carbocycles. The Morgan fingerprint density at radius 1 is 0.903 bits per heavy atom. The van der Waals surface area contributed by atoms with E-state index in [1.54, 1.807) is 0 Å². The normalized spacial score (nSPS) is 11.5. The molecule has 0 aromatic heterocycles. The minimum Gasteiger partial charge on any atom is -0.744 e. The molecule has 0 amide bonds. The molecule has 156 valence electrons. The summed E-state index contributed by atoms with van der Waals surface area (Å²) in [4.78, 5) is -0.972. The summed E-state index contributed by atoms with van der Waals surface area (Å²) in [6, 6.07) is 9.51. The van der Waals surface area contributed by atoms with Gasteiger partial charge < -0.3 is 19.7 Å². The van der Waals surface area contributed by atoms with Gasteiger partial charge in [-0.15, -0.1) is 0 Å². The van der Waals surface area contributed by atoms with E-state index in [4.69, 9.17) is 12.2 Å². The van der Waals surface area contributed by atoms with Crippen LogP contribution in [-0.4, -0.2) is 37.1 Å². The molecule has 13 heteroatoms. The summed E-state index contributed by atoms with van der Waals surface area (Å²) >= 11 is 5.10. The van der Waals surface area contributed by atoms with E-state index >= 15 is 0 Å². The maximum Gasteiger partial charge on any atom is 1.00 e. The monoisotopic (exact) mass is 500 g/mol. The number of hydrogen-bond donors (Lipinski definition) is 2. The summed E-state index contributed by atoms with van der Waals surface area (Å²) in [5.41, 5.74) is 0.393. The van der Waals surface area contributed by atoms with Crippen molar-refractivity contribution in [3.63, 3.8) is 0 Å². The number of hydrogen-bond acceptors (Lipinski definition) is 7. The third-order valence-electron chi connectivity index (χ3n) is 3.59. The molecule has 0 spiro atoms. The first kappa shape index (κ1) is 30.7. The Morgan fingerprint density at radius 3 is 1.94 bits per heavy atom. The zero-order valence-corrected chi connectivity index (χ0v) is 23.9. The molecule has 0 fully saturated rings. The van der Waals surface area contributed by atoms with Gasteiger partial charge in [-0.05, 0) is 55.4 Å². The van der Waals surface area contributed by atoms with Gasteiger partial charge in [0.25, 0.3) is 0 Å². The molecule has 0 radical (unpaired) electrons. The van der Waals surface area contributed by atoms with Gasteiger partial charge in [0, 0.05) is 11.7 Å². The second-order valence-electron chi connectivity index (χ2n) is 6.29. The van der Waals surface area contributed by atoms with Crippen molar-refractivity contribution >= 4 is 55.4 Å². The van der Waals surface area contributed by atoms with Crippen molar-refractivity contribution in [3.05, 3.63) is 53.6 Å². The van der Waals surface area contributed by atoms with E-state index in [2.05, 4.69) is 10.6 Å². The fraction of sp³-hybridized carbons (Fsp3) is 0.167. The predicted molar refractivity (Wildman–Crippen MR) is 112 cm³/mol. The van der Waals surface area contributed by atoms with Crippen LogP contribution in [0.5, 0.6) is 0 Å². The Kier molecular flexibility index (Phi) is 12.7. The molecule has 0 saturated carbocycles. The molecule has 31 heavy (non-hydrogen) atoms. The fourth-order valence-electron chi connectivity index (χ4n) is 2.42. The third kappa shape index (κ3) is 9.60. The first-order valence-corrected chi connectivity index (χ1v) is 11.5. The maximum absolute atomic E-state index is 11.7. The first-order valence-electron chi connectivity index (χ1n) is 8.28. The summed E-state index contributed by atoms with van der Waals surface area (Å²) in [6.07, 6.45) is 2.51. The standard InChI is InChI=1S/C18H20N2O6S3.2Na/c1-12(2)19-18(27)20-15-10-9-14(17(11-15)29(24,25)26)8-7-13-5-3-4-6-16(13)28(21,22)23;;/h3-12H,1-2H3,(H2,19,20,27)(H,21,22,23)(H,24,25,26);;/q;2*+1/p-2. The Bertz CT molecular complexity index is 1170. The summed E-state index contributed by atoms with van der Waals surface area (Å²) in [6.45, 7) is 3.74. The molecule has 0 heterocycles. The molecular formula is C18H18N2Na2O6S3. The van der Waals surface area contributed by atoms with Crippen LogP contribution in [0.3, 0.4) is 0 Å². The van der Waals surface area contributed by atoms with Gasteiger partial charge in [-0.3, -0.25) is 0 Å². The van der Waals surface area contributed by atoms with Gasteiger partial charge in [0.2, 0.25) is 0 Å². The molecular weight excluding hydrogens is 482 g/mol. The Morgan fingerprint density at radius 2 is 1.42 bits per heavy atom. The summed E-state index contributed by atoms with van der Waals surface area (Å²) in [5.74, 6) is 0. The van der Waals surface area contributed by atoms with Crippen LogP contribution in [0.1, 0.15) is 25.0 Å². The van der Waals surface area contributed by atoms with Gasteiger partial charge in [0.05, 0.1) is 9.79 Å². The van der Waals surface area contributed by atoms with Crippen molar-refractivity contribution in [1.29, 1.82) is 0 Å². The predicted octanol–water partition coefficient (Wildman–Crippen LogP) is -3.63. The van der Waals surface area contributed by atoms with E-state index in [9.17, 15) is 25.9 Å². The molecule has 0 unspecified atom stereocenters. The van der Waals surface area contributed by atoms with Gasteiger partial charge in [-0.1, -0.05) is 36.4 Å². The molecule has 2 aromatic carbocycles. The molecule has 0 saturated heterocycles. The number of anilines is 1. The molecule has 8 nitrogen and oxygen atoms in total. The van der Waals surface area contributed by atoms with Crippen molar-refractivity contribution in [3.8, 4) is 0 Å². The molecule has 2 N–H and O–H groups in total. The van der Waals surface area contributed by atoms with Crippen LogP contribution in [0.15, 0.2) is 52.3 Å². The van der Waals surface area contributed by atoms with Crippen LogP contribution >= 0.6 is 12.2 Å². The van der Waals surface area contributed by atoms with Crippen LogP contribution in [-0.2, 0) is 20.2 Å². The van der Waals surface area contributed by atoms with Gasteiger partial charge in [-0.25, -0.2) is 16.8 Å². The largest absolute Gasteiger partial charge is 1.00 e. The topological polar surface area (TPSA) is 138 Å². The Balaban J connectivity index is 0.00000450. The number of nitrogens with one attached hydrogen (secondary N) is 2. The average molecular weight is 501 g/mol. The molecule has 0 aliphatic heterocycles. The third-order valence-corrected chi connectivity index (χ3v) is 5.61. The summed E-state index contributed by atoms with van der Waals surface area (Å²) in [7, 11) is -9.56. The number of rotatable bonds is 6. The van der Waals surface area contributed by atoms with E-state index in [-0.39, 0.29) is 87.1 Å². The molecule has 2 aromatic rings. The van der Waals surface area contributed by atoms with Crippen LogP contribution in [0.4, 0.5) is 5.69 Å². The van der Waals surface area contributed by atoms with Crippen molar-refractivity contribution in [2.45, 2.75) is 29.7 Å². The van der Waals surface area contributed by atoms with Crippen LogP contribution in [0.25, 0.3) is 12.2 Å². The smallest absolute Gasteiger partial charge is 0.744 e. The van der Waals surface area contributed by atoms with Crippen molar-refractivity contribution in [2.75, 3.05) is 5.32 Å². The molecule has 0 atom stereocenters. The van der Waals surface area contributed by atoms with Crippen LogP contribution in [0.2, 0.25) is 0 Å². The van der Waals surface area contributed by atoms with Crippen molar-refractivity contribution in [1.82, 2.24) is 5.32 Å². The zero-order valence-electron chi connectivity index (χ0n) is 17.4. The molecule has 0 bridgehead atoms. The zero-order chi connectivity index (χ0) is 21.8. The van der Waals surface area contributed by atoms with Gasteiger partial charge in [-0.2, -0.15) is 0 Å².